The molecule has 0 aliphatic heterocycles. The summed E-state index contributed by atoms with van der Waals surface area (Å²) in [6.07, 6.45) is 0. The Morgan fingerprint density at radius 1 is 0.349 bits per heavy atom. The van der Waals surface area contributed by atoms with Crippen molar-refractivity contribution in [3.8, 4) is 27.9 Å². The molecule has 3 heteroatoms. The van der Waals surface area contributed by atoms with E-state index in [1.54, 1.807) is 0 Å². The maximum atomic E-state index is 6.58. The summed E-state index contributed by atoms with van der Waals surface area (Å²) in [5.41, 5.74) is 13.1. The van der Waals surface area contributed by atoms with E-state index in [0.717, 1.165) is 61.2 Å². The van der Waals surface area contributed by atoms with E-state index in [9.17, 15) is 0 Å². The third-order valence-electron chi connectivity index (χ3n) is 13.0. The van der Waals surface area contributed by atoms with Crippen LogP contribution in [0, 0.1) is 0 Å². The van der Waals surface area contributed by atoms with Gasteiger partial charge in [-0.15, -0.1) is 0 Å². The predicted octanol–water partition coefficient (Wildman–Crippen LogP) is 16.9. The van der Waals surface area contributed by atoms with Gasteiger partial charge < -0.3 is 13.9 Å². The molecule has 0 N–H and O–H groups in total. The Morgan fingerprint density at radius 2 is 0.889 bits per heavy atom. The zero-order chi connectivity index (χ0) is 41.4. The lowest BCUT2D eigenvalue weighted by Crippen LogP contribution is -2.13. The molecule has 0 radical (unpaired) electrons. The standard InChI is InChI=1S/C60H38N2O/c1-3-14-47-40(12-1)24-25-44-38-43(31-36-48(44)47)39-26-32-45(33-27-39)61(56-21-9-10-22-57(56)62-54-19-7-5-16-51(54)52-17-6-8-20-55(52)62)46-34-28-42(29-35-46)49-18-11-23-58-59(49)53-37-30-41-13-2-4-15-50(41)60(53)63-58/h1-38H. The second kappa shape index (κ2) is 14.1. The zero-order valence-electron chi connectivity index (χ0n) is 34.2. The summed E-state index contributed by atoms with van der Waals surface area (Å²) in [7, 11) is 0. The maximum Gasteiger partial charge on any atom is 0.143 e. The Hall–Kier alpha value is -8.40. The molecule has 0 amide bonds. The van der Waals surface area contributed by atoms with Crippen LogP contribution in [0.25, 0.3) is 104 Å². The van der Waals surface area contributed by atoms with Gasteiger partial charge in [0.1, 0.15) is 11.2 Å². The van der Waals surface area contributed by atoms with Gasteiger partial charge in [-0.25, -0.2) is 0 Å². The van der Waals surface area contributed by atoms with E-state index in [-0.39, 0.29) is 0 Å². The number of rotatable bonds is 6. The lowest BCUT2D eigenvalue weighted by atomic mass is 9.97. The van der Waals surface area contributed by atoms with Crippen LogP contribution in [-0.2, 0) is 0 Å². The van der Waals surface area contributed by atoms with Crippen molar-refractivity contribution in [3.05, 3.63) is 231 Å². The number of anilines is 3. The molecule has 0 fully saturated rings. The molecule has 13 aromatic rings. The normalized spacial score (nSPS) is 11.8. The molecule has 11 aromatic carbocycles. The van der Waals surface area contributed by atoms with Gasteiger partial charge in [-0.1, -0.05) is 164 Å². The number of benzene rings is 11. The van der Waals surface area contributed by atoms with Crippen molar-refractivity contribution >= 4 is 93.1 Å². The lowest BCUT2D eigenvalue weighted by Gasteiger charge is -2.28. The lowest BCUT2D eigenvalue weighted by molar-refractivity contribution is 0.673. The molecular formula is C60H38N2O. The molecule has 2 heterocycles. The number of furan rings is 1. The van der Waals surface area contributed by atoms with E-state index in [1.807, 2.05) is 0 Å². The van der Waals surface area contributed by atoms with E-state index >= 15 is 0 Å². The number of para-hydroxylation sites is 4. The van der Waals surface area contributed by atoms with Crippen molar-refractivity contribution in [2.75, 3.05) is 4.90 Å². The fourth-order valence-electron chi connectivity index (χ4n) is 10.0. The highest BCUT2D eigenvalue weighted by molar-refractivity contribution is 6.19. The fraction of sp³-hybridized carbons (Fsp3) is 0. The van der Waals surface area contributed by atoms with Gasteiger partial charge in [-0.2, -0.15) is 0 Å². The van der Waals surface area contributed by atoms with Crippen molar-refractivity contribution in [2.45, 2.75) is 0 Å². The van der Waals surface area contributed by atoms with Gasteiger partial charge in [0.05, 0.1) is 22.4 Å². The maximum absolute atomic E-state index is 6.58. The Bertz CT molecular complexity index is 3860. The molecule has 0 aliphatic carbocycles. The van der Waals surface area contributed by atoms with Crippen molar-refractivity contribution in [3.63, 3.8) is 0 Å². The molecule has 0 aliphatic rings. The number of fused-ring (bicyclic) bond motifs is 11. The van der Waals surface area contributed by atoms with Crippen LogP contribution < -0.4 is 4.90 Å². The highest BCUT2D eigenvalue weighted by Crippen LogP contribution is 2.44. The first-order valence-corrected chi connectivity index (χ1v) is 21.6. The average molecular weight is 803 g/mol. The first-order chi connectivity index (χ1) is 31.2. The molecule has 3 nitrogen and oxygen atoms in total. The molecule has 0 bridgehead atoms. The van der Waals surface area contributed by atoms with Gasteiger partial charge in [-0.05, 0) is 116 Å². The minimum Gasteiger partial charge on any atom is -0.455 e. The van der Waals surface area contributed by atoms with Gasteiger partial charge >= 0.3 is 0 Å². The van der Waals surface area contributed by atoms with Gasteiger partial charge in [0, 0.05) is 38.3 Å². The molecule has 13 rings (SSSR count). The van der Waals surface area contributed by atoms with Crippen molar-refractivity contribution < 1.29 is 4.42 Å². The summed E-state index contributed by atoms with van der Waals surface area (Å²) in [6, 6.07) is 83.5. The van der Waals surface area contributed by atoms with Crippen LogP contribution in [0.4, 0.5) is 17.1 Å². The van der Waals surface area contributed by atoms with Gasteiger partial charge in [-0.3, -0.25) is 0 Å². The predicted molar refractivity (Wildman–Crippen MR) is 266 cm³/mol. The monoisotopic (exact) mass is 802 g/mol. The third-order valence-corrected chi connectivity index (χ3v) is 13.0. The molecule has 2 aromatic heterocycles. The van der Waals surface area contributed by atoms with Crippen LogP contribution in [-0.4, -0.2) is 4.57 Å². The van der Waals surface area contributed by atoms with Crippen LogP contribution in [0.15, 0.2) is 235 Å². The molecular weight excluding hydrogens is 765 g/mol. The zero-order valence-corrected chi connectivity index (χ0v) is 34.2. The number of nitrogens with zero attached hydrogens (tertiary/aromatic N) is 2. The van der Waals surface area contributed by atoms with Crippen LogP contribution in [0.5, 0.6) is 0 Å². The Kier molecular flexibility index (Phi) is 7.91. The minimum absolute atomic E-state index is 0.893. The number of hydrogen-bond donors (Lipinski definition) is 0. The second-order valence-electron chi connectivity index (χ2n) is 16.5. The van der Waals surface area contributed by atoms with Crippen molar-refractivity contribution in [2.24, 2.45) is 0 Å². The Morgan fingerprint density at radius 3 is 1.63 bits per heavy atom. The second-order valence-corrected chi connectivity index (χ2v) is 16.5. The van der Waals surface area contributed by atoms with Crippen LogP contribution >= 0.6 is 0 Å². The van der Waals surface area contributed by atoms with E-state index in [0.29, 0.717) is 0 Å². The van der Waals surface area contributed by atoms with Crippen molar-refractivity contribution in [1.82, 2.24) is 4.57 Å². The smallest absolute Gasteiger partial charge is 0.143 e. The fourth-order valence-corrected chi connectivity index (χ4v) is 10.0. The summed E-state index contributed by atoms with van der Waals surface area (Å²) in [4.78, 5) is 2.40. The minimum atomic E-state index is 0.893. The summed E-state index contributed by atoms with van der Waals surface area (Å²) in [5.74, 6) is 0. The summed E-state index contributed by atoms with van der Waals surface area (Å²) in [5, 5.41) is 12.1. The molecule has 63 heavy (non-hydrogen) atoms. The number of aromatic nitrogens is 1. The summed E-state index contributed by atoms with van der Waals surface area (Å²) in [6.45, 7) is 0. The molecule has 0 spiro atoms. The van der Waals surface area contributed by atoms with E-state index in [2.05, 4.69) is 240 Å². The first kappa shape index (κ1) is 35.4. The molecule has 294 valence electrons. The van der Waals surface area contributed by atoms with Crippen LogP contribution in [0.1, 0.15) is 0 Å². The third kappa shape index (κ3) is 5.60. The van der Waals surface area contributed by atoms with Gasteiger partial charge in [0.25, 0.3) is 0 Å². The van der Waals surface area contributed by atoms with Gasteiger partial charge in [0.15, 0.2) is 0 Å². The van der Waals surface area contributed by atoms with Gasteiger partial charge in [0.2, 0.25) is 0 Å². The molecule has 0 saturated carbocycles. The van der Waals surface area contributed by atoms with Crippen LogP contribution in [0.2, 0.25) is 0 Å². The largest absolute Gasteiger partial charge is 0.455 e. The SMILES string of the molecule is c1ccc(-n2c3ccccc3c3ccccc32)c(N(c2ccc(-c3ccc4c(ccc5ccccc54)c3)cc2)c2ccc(-c3cccc4oc5c6ccccc6ccc5c34)cc2)c1. The quantitative estimate of drug-likeness (QED) is 0.156. The van der Waals surface area contributed by atoms with E-state index < -0.39 is 0 Å². The topological polar surface area (TPSA) is 21.3 Å². The Balaban J connectivity index is 0.966. The van der Waals surface area contributed by atoms with Crippen LogP contribution in [0.3, 0.4) is 0 Å². The average Bonchev–Trinajstić information content (AvgIpc) is 3.91. The highest BCUT2D eigenvalue weighted by Gasteiger charge is 2.21. The molecule has 0 atom stereocenters. The first-order valence-electron chi connectivity index (χ1n) is 21.6. The van der Waals surface area contributed by atoms with E-state index in [1.165, 1.54) is 59.9 Å². The molecule has 0 unspecified atom stereocenters. The van der Waals surface area contributed by atoms with Crippen molar-refractivity contribution in [1.29, 1.82) is 0 Å². The Labute approximate surface area is 363 Å². The molecule has 0 saturated heterocycles. The van der Waals surface area contributed by atoms with E-state index in [4.69, 9.17) is 4.42 Å². The summed E-state index contributed by atoms with van der Waals surface area (Å²) >= 11 is 0. The summed E-state index contributed by atoms with van der Waals surface area (Å²) < 4.78 is 9.00. The number of hydrogen-bond acceptors (Lipinski definition) is 2. The highest BCUT2D eigenvalue weighted by atomic mass is 16.3.